The summed E-state index contributed by atoms with van der Waals surface area (Å²) in [6, 6.07) is 15.0. The molecule has 0 atom stereocenters. The minimum atomic E-state index is -1.18. The summed E-state index contributed by atoms with van der Waals surface area (Å²) in [5.74, 6) is -1.18. The third-order valence-corrected chi connectivity index (χ3v) is 3.02. The molecular formula is C15H12ClNO2. The summed E-state index contributed by atoms with van der Waals surface area (Å²) >= 11 is 5.83. The molecule has 0 spiro atoms. The molecule has 0 radical (unpaired) electrons. The monoisotopic (exact) mass is 273 g/mol. The van der Waals surface area contributed by atoms with Crippen molar-refractivity contribution in [3.05, 3.63) is 59.1 Å². The van der Waals surface area contributed by atoms with E-state index in [4.69, 9.17) is 22.1 Å². The fraction of sp³-hybridized carbons (Fsp3) is 0.0667. The van der Waals surface area contributed by atoms with E-state index in [2.05, 4.69) is 0 Å². The summed E-state index contributed by atoms with van der Waals surface area (Å²) in [5.41, 5.74) is 2.58. The van der Waals surface area contributed by atoms with Gasteiger partial charge in [-0.05, 0) is 28.8 Å². The standard InChI is InChI=1S/C15H12ClNO2/c16-13-7-5-12(6-8-13)11-3-1-10(2-4-11)9-14(17)15(18)19/h1-8,17H,9H2,(H,18,19). The summed E-state index contributed by atoms with van der Waals surface area (Å²) in [6.07, 6.45) is 0.135. The van der Waals surface area contributed by atoms with Crippen molar-refractivity contribution in [3.63, 3.8) is 0 Å². The van der Waals surface area contributed by atoms with Crippen molar-refractivity contribution in [2.75, 3.05) is 0 Å². The first-order valence-corrected chi connectivity index (χ1v) is 6.09. The molecule has 0 heterocycles. The number of nitrogens with one attached hydrogen (secondary N) is 1. The lowest BCUT2D eigenvalue weighted by Crippen LogP contribution is -2.14. The Morgan fingerprint density at radius 2 is 1.47 bits per heavy atom. The van der Waals surface area contributed by atoms with E-state index < -0.39 is 5.97 Å². The number of carboxylic acids is 1. The van der Waals surface area contributed by atoms with Gasteiger partial charge in [-0.25, -0.2) is 4.79 Å². The van der Waals surface area contributed by atoms with Crippen LogP contribution in [0.15, 0.2) is 48.5 Å². The van der Waals surface area contributed by atoms with Crippen LogP contribution in [0.1, 0.15) is 5.56 Å². The summed E-state index contributed by atoms with van der Waals surface area (Å²) in [4.78, 5) is 10.6. The van der Waals surface area contributed by atoms with Crippen LogP contribution in [-0.4, -0.2) is 16.8 Å². The first-order chi connectivity index (χ1) is 9.06. The van der Waals surface area contributed by atoms with E-state index in [-0.39, 0.29) is 12.1 Å². The van der Waals surface area contributed by atoms with Crippen molar-refractivity contribution >= 4 is 23.3 Å². The van der Waals surface area contributed by atoms with Gasteiger partial charge in [-0.2, -0.15) is 0 Å². The highest BCUT2D eigenvalue weighted by molar-refractivity contribution is 6.34. The zero-order valence-corrected chi connectivity index (χ0v) is 10.8. The van der Waals surface area contributed by atoms with Crippen molar-refractivity contribution in [1.82, 2.24) is 0 Å². The topological polar surface area (TPSA) is 61.2 Å². The van der Waals surface area contributed by atoms with Crippen LogP contribution in [-0.2, 0) is 11.2 Å². The molecule has 0 aliphatic carbocycles. The van der Waals surface area contributed by atoms with E-state index in [0.29, 0.717) is 5.02 Å². The molecule has 2 aromatic rings. The molecule has 4 heteroatoms. The number of carboxylic acid groups (broad SMARTS) is 1. The summed E-state index contributed by atoms with van der Waals surface area (Å²) < 4.78 is 0. The molecule has 0 aliphatic heterocycles. The number of carbonyl (C=O) groups is 1. The van der Waals surface area contributed by atoms with E-state index in [9.17, 15) is 4.79 Å². The largest absolute Gasteiger partial charge is 0.477 e. The molecule has 0 aromatic heterocycles. The molecule has 0 bridgehead atoms. The fourth-order valence-corrected chi connectivity index (χ4v) is 1.86. The quantitative estimate of drug-likeness (QED) is 0.835. The third-order valence-electron chi connectivity index (χ3n) is 2.77. The Balaban J connectivity index is 2.16. The van der Waals surface area contributed by atoms with Gasteiger partial charge in [-0.15, -0.1) is 0 Å². The Morgan fingerprint density at radius 3 is 1.95 bits per heavy atom. The molecular weight excluding hydrogens is 262 g/mol. The first kappa shape index (κ1) is 13.3. The predicted molar refractivity (Wildman–Crippen MR) is 76.0 cm³/mol. The van der Waals surface area contributed by atoms with Gasteiger partial charge in [-0.3, -0.25) is 5.41 Å². The number of benzene rings is 2. The number of hydrogen-bond donors (Lipinski definition) is 2. The highest BCUT2D eigenvalue weighted by atomic mass is 35.5. The molecule has 2 N–H and O–H groups in total. The Bertz CT molecular complexity index is 603. The number of hydrogen-bond acceptors (Lipinski definition) is 2. The molecule has 0 unspecified atom stereocenters. The molecule has 2 rings (SSSR count). The van der Waals surface area contributed by atoms with E-state index in [0.717, 1.165) is 16.7 Å². The van der Waals surface area contributed by atoms with Crippen molar-refractivity contribution < 1.29 is 9.90 Å². The molecule has 0 fully saturated rings. The molecule has 0 amide bonds. The molecule has 96 valence electrons. The minimum Gasteiger partial charge on any atom is -0.477 e. The van der Waals surface area contributed by atoms with Crippen LogP contribution < -0.4 is 0 Å². The summed E-state index contributed by atoms with van der Waals surface area (Å²) in [6.45, 7) is 0. The molecule has 0 aliphatic rings. The first-order valence-electron chi connectivity index (χ1n) is 5.72. The smallest absolute Gasteiger partial charge is 0.349 e. The number of aliphatic carboxylic acids is 1. The van der Waals surface area contributed by atoms with Crippen LogP contribution in [0.3, 0.4) is 0 Å². The molecule has 2 aromatic carbocycles. The highest BCUT2D eigenvalue weighted by Gasteiger charge is 2.07. The van der Waals surface area contributed by atoms with E-state index in [1.807, 2.05) is 48.5 Å². The molecule has 3 nitrogen and oxygen atoms in total. The maximum Gasteiger partial charge on any atom is 0.349 e. The summed E-state index contributed by atoms with van der Waals surface area (Å²) in [5, 5.41) is 16.7. The molecule has 0 saturated carbocycles. The highest BCUT2D eigenvalue weighted by Crippen LogP contribution is 2.22. The average molecular weight is 274 g/mol. The average Bonchev–Trinajstić information content (AvgIpc) is 2.40. The van der Waals surface area contributed by atoms with Crippen LogP contribution in [0.4, 0.5) is 0 Å². The van der Waals surface area contributed by atoms with E-state index in [1.54, 1.807) is 0 Å². The van der Waals surface area contributed by atoms with Gasteiger partial charge in [-0.1, -0.05) is 48.0 Å². The lowest BCUT2D eigenvalue weighted by atomic mass is 10.0. The normalized spacial score (nSPS) is 10.2. The zero-order valence-electron chi connectivity index (χ0n) is 10.1. The maximum absolute atomic E-state index is 10.6. The van der Waals surface area contributed by atoms with E-state index in [1.165, 1.54) is 0 Å². The van der Waals surface area contributed by atoms with Crippen LogP contribution >= 0.6 is 11.6 Å². The van der Waals surface area contributed by atoms with Gasteiger partial charge < -0.3 is 5.11 Å². The maximum atomic E-state index is 10.6. The lowest BCUT2D eigenvalue weighted by molar-refractivity contribution is -0.129. The van der Waals surface area contributed by atoms with Crippen molar-refractivity contribution in [2.45, 2.75) is 6.42 Å². The van der Waals surface area contributed by atoms with Crippen molar-refractivity contribution in [3.8, 4) is 11.1 Å². The van der Waals surface area contributed by atoms with Crippen LogP contribution in [0.25, 0.3) is 11.1 Å². The second kappa shape index (κ2) is 5.67. The number of halogens is 1. The van der Waals surface area contributed by atoms with Crippen LogP contribution in [0.5, 0.6) is 0 Å². The van der Waals surface area contributed by atoms with Gasteiger partial charge in [0.25, 0.3) is 0 Å². The van der Waals surface area contributed by atoms with Gasteiger partial charge in [0.1, 0.15) is 5.71 Å². The molecule has 19 heavy (non-hydrogen) atoms. The lowest BCUT2D eigenvalue weighted by Gasteiger charge is -2.04. The van der Waals surface area contributed by atoms with Gasteiger partial charge in [0.15, 0.2) is 0 Å². The minimum absolute atomic E-state index is 0.135. The third kappa shape index (κ3) is 3.42. The van der Waals surface area contributed by atoms with Gasteiger partial charge >= 0.3 is 5.97 Å². The van der Waals surface area contributed by atoms with Crippen molar-refractivity contribution in [2.24, 2.45) is 0 Å². The molecule has 0 saturated heterocycles. The Hall–Kier alpha value is -2.13. The second-order valence-electron chi connectivity index (χ2n) is 4.16. The van der Waals surface area contributed by atoms with Crippen LogP contribution in [0, 0.1) is 5.41 Å². The second-order valence-corrected chi connectivity index (χ2v) is 4.60. The van der Waals surface area contributed by atoms with Gasteiger partial charge in [0, 0.05) is 11.4 Å². The Labute approximate surface area is 116 Å². The Morgan fingerprint density at radius 1 is 1.00 bits per heavy atom. The summed E-state index contributed by atoms with van der Waals surface area (Å²) in [7, 11) is 0. The Kier molecular flexibility index (Phi) is 3.97. The number of rotatable bonds is 4. The fourth-order valence-electron chi connectivity index (χ4n) is 1.74. The van der Waals surface area contributed by atoms with E-state index >= 15 is 0 Å². The van der Waals surface area contributed by atoms with Crippen molar-refractivity contribution in [1.29, 1.82) is 5.41 Å². The zero-order chi connectivity index (χ0) is 13.8. The van der Waals surface area contributed by atoms with Gasteiger partial charge in [0.05, 0.1) is 0 Å². The SMILES string of the molecule is N=C(Cc1ccc(-c2ccc(Cl)cc2)cc1)C(=O)O. The van der Waals surface area contributed by atoms with Crippen LogP contribution in [0.2, 0.25) is 5.02 Å². The predicted octanol–water partition coefficient (Wildman–Crippen LogP) is 3.65. The van der Waals surface area contributed by atoms with Gasteiger partial charge in [0.2, 0.25) is 0 Å².